The minimum atomic E-state index is -1.33. The summed E-state index contributed by atoms with van der Waals surface area (Å²) < 4.78 is 14.9. The van der Waals surface area contributed by atoms with Gasteiger partial charge in [0.25, 0.3) is 0 Å². The second kappa shape index (κ2) is 5.75. The molecule has 0 aliphatic carbocycles. The van der Waals surface area contributed by atoms with Crippen LogP contribution in [0.5, 0.6) is 0 Å². The minimum Gasteiger partial charge on any atom is -0.478 e. The molecule has 0 aromatic heterocycles. The molecule has 16 heavy (non-hydrogen) atoms. The minimum absolute atomic E-state index is 0.0647. The van der Waals surface area contributed by atoms with Crippen LogP contribution in [0.4, 0.5) is 4.39 Å². The van der Waals surface area contributed by atoms with E-state index in [1.807, 2.05) is 0 Å². The lowest BCUT2D eigenvalue weighted by Crippen LogP contribution is -2.00. The third-order valence-corrected chi connectivity index (χ3v) is 6.39. The van der Waals surface area contributed by atoms with Gasteiger partial charge in [-0.25, -0.2) is 9.18 Å². The monoisotopic (exact) mass is 478 g/mol. The number of benzene rings is 1. The maximum Gasteiger partial charge on any atom is 0.338 e. The van der Waals surface area contributed by atoms with Crippen LogP contribution in [0.3, 0.4) is 0 Å². The van der Waals surface area contributed by atoms with E-state index in [2.05, 4.69) is 63.7 Å². The first-order chi connectivity index (χ1) is 7.40. The lowest BCUT2D eigenvalue weighted by molar-refractivity contribution is -0.130. The number of hydrogen-bond acceptors (Lipinski definition) is 1. The molecule has 1 aromatic rings. The summed E-state index contributed by atoms with van der Waals surface area (Å²) in [5, 5.41) is 8.83. The SMILES string of the molecule is O=C(O)/C(=C\F)c1cc(Br)c(Br)c(Br)c1Br. The number of carboxylic acids is 1. The Morgan fingerprint density at radius 3 is 2.19 bits per heavy atom. The van der Waals surface area contributed by atoms with Gasteiger partial charge in [-0.15, -0.1) is 0 Å². The zero-order chi connectivity index (χ0) is 12.5. The molecule has 0 bridgehead atoms. The van der Waals surface area contributed by atoms with E-state index in [9.17, 15) is 9.18 Å². The Morgan fingerprint density at radius 2 is 1.75 bits per heavy atom. The lowest BCUT2D eigenvalue weighted by Gasteiger charge is -2.09. The second-order valence-electron chi connectivity index (χ2n) is 2.68. The molecule has 0 fully saturated rings. The topological polar surface area (TPSA) is 37.3 Å². The summed E-state index contributed by atoms with van der Waals surface area (Å²) in [6.45, 7) is 0. The molecule has 0 amide bonds. The fourth-order valence-electron chi connectivity index (χ4n) is 0.990. The van der Waals surface area contributed by atoms with Crippen molar-refractivity contribution in [3.63, 3.8) is 0 Å². The molecule has 0 unspecified atom stereocenters. The maximum atomic E-state index is 12.5. The number of halogens is 5. The van der Waals surface area contributed by atoms with Crippen LogP contribution in [0.15, 0.2) is 30.3 Å². The van der Waals surface area contributed by atoms with Crippen molar-refractivity contribution in [2.24, 2.45) is 0 Å². The van der Waals surface area contributed by atoms with Crippen molar-refractivity contribution in [1.29, 1.82) is 0 Å². The van der Waals surface area contributed by atoms with Crippen LogP contribution in [-0.2, 0) is 4.79 Å². The largest absolute Gasteiger partial charge is 0.478 e. The van der Waals surface area contributed by atoms with Gasteiger partial charge in [0.2, 0.25) is 0 Å². The van der Waals surface area contributed by atoms with Gasteiger partial charge in [-0.2, -0.15) is 0 Å². The van der Waals surface area contributed by atoms with E-state index in [0.717, 1.165) is 0 Å². The number of aliphatic carboxylic acids is 1. The first kappa shape index (κ1) is 14.3. The quantitative estimate of drug-likeness (QED) is 0.361. The summed E-state index contributed by atoms with van der Waals surface area (Å²) in [5.41, 5.74) is -0.169. The Labute approximate surface area is 124 Å². The zero-order valence-corrected chi connectivity index (χ0v) is 13.7. The fourth-order valence-corrected chi connectivity index (χ4v) is 3.21. The molecule has 0 aliphatic rings. The summed E-state index contributed by atoms with van der Waals surface area (Å²) >= 11 is 13.0. The third kappa shape index (κ3) is 2.75. The Morgan fingerprint density at radius 1 is 1.19 bits per heavy atom. The van der Waals surface area contributed by atoms with Crippen molar-refractivity contribution in [2.75, 3.05) is 0 Å². The molecule has 0 atom stereocenters. The predicted molar refractivity (Wildman–Crippen MR) is 74.0 cm³/mol. The second-order valence-corrected chi connectivity index (χ2v) is 5.91. The molecule has 0 saturated carbocycles. The molecule has 1 N–H and O–H groups in total. The first-order valence-corrected chi connectivity index (χ1v) is 6.94. The highest BCUT2D eigenvalue weighted by atomic mass is 79.9. The zero-order valence-electron chi connectivity index (χ0n) is 7.40. The number of carbonyl (C=O) groups is 1. The molecule has 0 spiro atoms. The van der Waals surface area contributed by atoms with Crippen LogP contribution in [0, 0.1) is 0 Å². The summed E-state index contributed by atoms with van der Waals surface area (Å²) in [5.74, 6) is -1.33. The van der Waals surface area contributed by atoms with Crippen molar-refractivity contribution < 1.29 is 14.3 Å². The van der Waals surface area contributed by atoms with Crippen molar-refractivity contribution in [2.45, 2.75) is 0 Å². The average Bonchev–Trinajstić information content (AvgIpc) is 2.23. The third-order valence-electron chi connectivity index (χ3n) is 1.73. The van der Waals surface area contributed by atoms with E-state index >= 15 is 0 Å². The summed E-state index contributed by atoms with van der Waals surface area (Å²) in [6.07, 6.45) is 0.0647. The van der Waals surface area contributed by atoms with Crippen LogP contribution >= 0.6 is 63.7 Å². The Balaban J connectivity index is 3.53. The van der Waals surface area contributed by atoms with Gasteiger partial charge in [-0.05, 0) is 69.8 Å². The predicted octanol–water partition coefficient (Wildman–Crippen LogP) is 5.13. The Bertz CT molecular complexity index is 485. The molecule has 0 heterocycles. The fraction of sp³-hybridized carbons (Fsp3) is 0. The van der Waals surface area contributed by atoms with Gasteiger partial charge < -0.3 is 5.11 Å². The molecule has 0 radical (unpaired) electrons. The van der Waals surface area contributed by atoms with Gasteiger partial charge in [0, 0.05) is 23.5 Å². The molecule has 86 valence electrons. The number of rotatable bonds is 2. The molecular formula is C9H3Br4FO2. The standard InChI is InChI=1S/C9H3Br4FO2/c10-5-1-3(4(2-14)9(15)16)6(11)8(13)7(5)12/h1-2H,(H,15,16)/b4-2-. The first-order valence-electron chi connectivity index (χ1n) is 3.77. The van der Waals surface area contributed by atoms with Crippen LogP contribution in [-0.4, -0.2) is 11.1 Å². The van der Waals surface area contributed by atoms with Crippen molar-refractivity contribution in [3.8, 4) is 0 Å². The van der Waals surface area contributed by atoms with E-state index in [4.69, 9.17) is 5.11 Å². The Kier molecular flexibility index (Phi) is 5.15. The van der Waals surface area contributed by atoms with Gasteiger partial charge in [0.05, 0.1) is 5.57 Å². The molecule has 1 rings (SSSR count). The maximum absolute atomic E-state index is 12.5. The van der Waals surface area contributed by atoms with Gasteiger partial charge in [-0.3, -0.25) is 0 Å². The molecule has 2 nitrogen and oxygen atoms in total. The van der Waals surface area contributed by atoms with E-state index < -0.39 is 11.5 Å². The van der Waals surface area contributed by atoms with Crippen LogP contribution in [0.25, 0.3) is 5.57 Å². The molecule has 7 heteroatoms. The van der Waals surface area contributed by atoms with Crippen molar-refractivity contribution >= 4 is 75.3 Å². The van der Waals surface area contributed by atoms with E-state index in [-0.39, 0.29) is 11.9 Å². The summed E-state index contributed by atoms with van der Waals surface area (Å²) in [4.78, 5) is 10.8. The van der Waals surface area contributed by atoms with Crippen LogP contribution in [0.2, 0.25) is 0 Å². The number of carboxylic acid groups (broad SMARTS) is 1. The molecule has 0 aliphatic heterocycles. The smallest absolute Gasteiger partial charge is 0.338 e. The number of hydrogen-bond donors (Lipinski definition) is 1. The molecule has 1 aromatic carbocycles. The van der Waals surface area contributed by atoms with E-state index in [1.165, 1.54) is 6.07 Å². The highest BCUT2D eigenvalue weighted by Gasteiger charge is 2.19. The molecular weight excluding hydrogens is 479 g/mol. The van der Waals surface area contributed by atoms with Gasteiger partial charge in [-0.1, -0.05) is 0 Å². The highest BCUT2D eigenvalue weighted by Crippen LogP contribution is 2.41. The average molecular weight is 482 g/mol. The molecule has 0 saturated heterocycles. The van der Waals surface area contributed by atoms with E-state index in [0.29, 0.717) is 17.9 Å². The summed E-state index contributed by atoms with van der Waals surface area (Å²) in [6, 6.07) is 1.51. The highest BCUT2D eigenvalue weighted by molar-refractivity contribution is 9.15. The van der Waals surface area contributed by atoms with Crippen LogP contribution < -0.4 is 0 Å². The lowest BCUT2D eigenvalue weighted by atomic mass is 10.1. The van der Waals surface area contributed by atoms with E-state index in [1.54, 1.807) is 0 Å². The van der Waals surface area contributed by atoms with Crippen LogP contribution in [0.1, 0.15) is 5.56 Å². The Hall–Kier alpha value is 0.280. The van der Waals surface area contributed by atoms with Crippen molar-refractivity contribution in [3.05, 3.63) is 35.9 Å². The summed E-state index contributed by atoms with van der Waals surface area (Å²) in [7, 11) is 0. The van der Waals surface area contributed by atoms with Crippen molar-refractivity contribution in [1.82, 2.24) is 0 Å². The van der Waals surface area contributed by atoms with Gasteiger partial charge in [0.1, 0.15) is 6.33 Å². The normalized spacial score (nSPS) is 11.7. The van der Waals surface area contributed by atoms with Gasteiger partial charge >= 0.3 is 5.97 Å². The van der Waals surface area contributed by atoms with Gasteiger partial charge in [0.15, 0.2) is 0 Å².